The Morgan fingerprint density at radius 1 is 1.37 bits per heavy atom. The zero-order valence-corrected chi connectivity index (χ0v) is 11.8. The number of aromatic nitrogens is 2. The van der Waals surface area contributed by atoms with E-state index in [2.05, 4.69) is 34.0 Å². The Balaban J connectivity index is 2.19. The molecule has 0 atom stereocenters. The molecule has 1 aliphatic rings. The van der Waals surface area contributed by atoms with Crippen LogP contribution in [-0.2, 0) is 0 Å². The van der Waals surface area contributed by atoms with Gasteiger partial charge in [0, 0.05) is 19.1 Å². The van der Waals surface area contributed by atoms with Crippen LogP contribution in [0.4, 0.5) is 16.2 Å². The zero-order valence-electron chi connectivity index (χ0n) is 11.8. The van der Waals surface area contributed by atoms with E-state index >= 15 is 0 Å². The lowest BCUT2D eigenvalue weighted by Crippen LogP contribution is -2.34. The summed E-state index contributed by atoms with van der Waals surface area (Å²) in [6, 6.07) is 0.424. The maximum absolute atomic E-state index is 14.0. The molecule has 19 heavy (non-hydrogen) atoms. The summed E-state index contributed by atoms with van der Waals surface area (Å²) in [6.45, 7) is 5.72. The number of nitrogens with zero attached hydrogens (tertiary/aromatic N) is 3. The highest BCUT2D eigenvalue weighted by Gasteiger charge is 2.25. The SMILES string of the molecule is CCCNc1ncc(F)c(N(CC)C2CCCC2)n1. The molecule has 1 heterocycles. The van der Waals surface area contributed by atoms with Crippen LogP contribution in [0.1, 0.15) is 46.0 Å². The van der Waals surface area contributed by atoms with Crippen LogP contribution in [0, 0.1) is 5.82 Å². The minimum absolute atomic E-state index is 0.323. The third-order valence-electron chi connectivity index (χ3n) is 3.64. The van der Waals surface area contributed by atoms with Gasteiger partial charge >= 0.3 is 0 Å². The van der Waals surface area contributed by atoms with Gasteiger partial charge in [0.25, 0.3) is 0 Å². The number of rotatable bonds is 6. The normalized spacial score (nSPS) is 15.7. The van der Waals surface area contributed by atoms with Gasteiger partial charge in [-0.05, 0) is 26.2 Å². The summed E-state index contributed by atoms with van der Waals surface area (Å²) < 4.78 is 14.0. The van der Waals surface area contributed by atoms with E-state index in [1.54, 1.807) is 0 Å². The summed E-state index contributed by atoms with van der Waals surface area (Å²) in [7, 11) is 0. The molecule has 4 nitrogen and oxygen atoms in total. The predicted octanol–water partition coefficient (Wildman–Crippen LogP) is 3.21. The van der Waals surface area contributed by atoms with Crippen LogP contribution < -0.4 is 10.2 Å². The number of anilines is 2. The summed E-state index contributed by atoms with van der Waals surface area (Å²) in [6.07, 6.45) is 7.00. The topological polar surface area (TPSA) is 41.1 Å². The molecule has 1 aromatic rings. The Morgan fingerprint density at radius 2 is 2.11 bits per heavy atom. The molecular formula is C14H23FN4. The van der Waals surface area contributed by atoms with E-state index in [0.717, 1.165) is 32.4 Å². The molecule has 1 saturated carbocycles. The maximum atomic E-state index is 14.0. The molecule has 0 aromatic carbocycles. The summed E-state index contributed by atoms with van der Waals surface area (Å²) in [4.78, 5) is 10.4. The van der Waals surface area contributed by atoms with E-state index < -0.39 is 0 Å². The van der Waals surface area contributed by atoms with Crippen molar-refractivity contribution in [2.75, 3.05) is 23.3 Å². The summed E-state index contributed by atoms with van der Waals surface area (Å²) in [5.41, 5.74) is 0. The van der Waals surface area contributed by atoms with E-state index in [0.29, 0.717) is 17.8 Å². The third-order valence-corrected chi connectivity index (χ3v) is 3.64. The van der Waals surface area contributed by atoms with Gasteiger partial charge in [-0.25, -0.2) is 9.37 Å². The van der Waals surface area contributed by atoms with Crippen molar-refractivity contribution >= 4 is 11.8 Å². The average molecular weight is 266 g/mol. The molecule has 0 saturated heterocycles. The molecule has 0 amide bonds. The lowest BCUT2D eigenvalue weighted by atomic mass is 10.2. The van der Waals surface area contributed by atoms with Crippen molar-refractivity contribution in [1.29, 1.82) is 0 Å². The molecule has 2 rings (SSSR count). The quantitative estimate of drug-likeness (QED) is 0.858. The van der Waals surface area contributed by atoms with Crippen molar-refractivity contribution in [1.82, 2.24) is 9.97 Å². The van der Waals surface area contributed by atoms with E-state index in [9.17, 15) is 4.39 Å². The van der Waals surface area contributed by atoms with Crippen LogP contribution in [-0.4, -0.2) is 29.1 Å². The molecule has 5 heteroatoms. The zero-order chi connectivity index (χ0) is 13.7. The summed E-state index contributed by atoms with van der Waals surface area (Å²) in [5, 5.41) is 3.12. The summed E-state index contributed by atoms with van der Waals surface area (Å²) >= 11 is 0. The minimum atomic E-state index is -0.323. The molecule has 0 unspecified atom stereocenters. The van der Waals surface area contributed by atoms with Gasteiger partial charge in [0.15, 0.2) is 11.6 Å². The van der Waals surface area contributed by atoms with Gasteiger partial charge in [-0.2, -0.15) is 4.98 Å². The second-order valence-electron chi connectivity index (χ2n) is 5.02. The average Bonchev–Trinajstić information content (AvgIpc) is 2.94. The van der Waals surface area contributed by atoms with Crippen molar-refractivity contribution in [3.63, 3.8) is 0 Å². The van der Waals surface area contributed by atoms with E-state index in [1.165, 1.54) is 19.0 Å². The highest BCUT2D eigenvalue weighted by Crippen LogP contribution is 2.28. The first-order valence-electron chi connectivity index (χ1n) is 7.29. The highest BCUT2D eigenvalue weighted by molar-refractivity contribution is 5.45. The fraction of sp³-hybridized carbons (Fsp3) is 0.714. The monoisotopic (exact) mass is 266 g/mol. The van der Waals surface area contributed by atoms with Crippen LogP contribution in [0.3, 0.4) is 0 Å². The molecule has 1 aliphatic carbocycles. The summed E-state index contributed by atoms with van der Waals surface area (Å²) in [5.74, 6) is 0.647. The molecule has 0 spiro atoms. The number of nitrogens with one attached hydrogen (secondary N) is 1. The van der Waals surface area contributed by atoms with E-state index in [-0.39, 0.29) is 5.82 Å². The first-order valence-corrected chi connectivity index (χ1v) is 7.29. The molecule has 0 aliphatic heterocycles. The van der Waals surface area contributed by atoms with Gasteiger partial charge in [0.1, 0.15) is 0 Å². The Morgan fingerprint density at radius 3 is 2.74 bits per heavy atom. The van der Waals surface area contributed by atoms with Crippen molar-refractivity contribution in [2.45, 2.75) is 52.0 Å². The van der Waals surface area contributed by atoms with Crippen molar-refractivity contribution in [3.8, 4) is 0 Å². The molecule has 1 N–H and O–H groups in total. The number of hydrogen-bond donors (Lipinski definition) is 1. The van der Waals surface area contributed by atoms with Crippen LogP contribution in [0.25, 0.3) is 0 Å². The second-order valence-corrected chi connectivity index (χ2v) is 5.02. The number of halogens is 1. The van der Waals surface area contributed by atoms with Crippen LogP contribution in [0.15, 0.2) is 6.20 Å². The third kappa shape index (κ3) is 3.33. The largest absolute Gasteiger partial charge is 0.354 e. The van der Waals surface area contributed by atoms with Crippen molar-refractivity contribution in [2.24, 2.45) is 0 Å². The van der Waals surface area contributed by atoms with Crippen molar-refractivity contribution < 1.29 is 4.39 Å². The van der Waals surface area contributed by atoms with Crippen LogP contribution in [0.5, 0.6) is 0 Å². The lowest BCUT2D eigenvalue weighted by molar-refractivity contribution is 0.564. The van der Waals surface area contributed by atoms with Gasteiger partial charge in [-0.1, -0.05) is 19.8 Å². The first kappa shape index (κ1) is 14.0. The molecule has 1 fully saturated rings. The fourth-order valence-corrected chi connectivity index (χ4v) is 2.68. The van der Waals surface area contributed by atoms with Crippen LogP contribution in [0.2, 0.25) is 0 Å². The fourth-order valence-electron chi connectivity index (χ4n) is 2.68. The Hall–Kier alpha value is -1.39. The standard InChI is InChI=1S/C14H23FN4/c1-3-9-16-14-17-10-12(15)13(18-14)19(4-2)11-7-5-6-8-11/h10-11H,3-9H2,1-2H3,(H,16,17,18). The van der Waals surface area contributed by atoms with Gasteiger partial charge in [0.05, 0.1) is 6.20 Å². The Labute approximate surface area is 114 Å². The minimum Gasteiger partial charge on any atom is -0.354 e. The van der Waals surface area contributed by atoms with Crippen molar-refractivity contribution in [3.05, 3.63) is 12.0 Å². The van der Waals surface area contributed by atoms with Gasteiger partial charge in [-0.3, -0.25) is 0 Å². The van der Waals surface area contributed by atoms with E-state index in [4.69, 9.17) is 0 Å². The maximum Gasteiger partial charge on any atom is 0.224 e. The second kappa shape index (κ2) is 6.68. The number of hydrogen-bond acceptors (Lipinski definition) is 4. The lowest BCUT2D eigenvalue weighted by Gasteiger charge is -2.29. The molecule has 0 radical (unpaired) electrons. The first-order chi connectivity index (χ1) is 9.26. The molecular weight excluding hydrogens is 243 g/mol. The Bertz CT molecular complexity index is 404. The van der Waals surface area contributed by atoms with Gasteiger partial charge < -0.3 is 10.2 Å². The predicted molar refractivity (Wildman–Crippen MR) is 76.0 cm³/mol. The smallest absolute Gasteiger partial charge is 0.224 e. The molecule has 106 valence electrons. The highest BCUT2D eigenvalue weighted by atomic mass is 19.1. The van der Waals surface area contributed by atoms with E-state index in [1.807, 2.05) is 0 Å². The Kier molecular flexibility index (Phi) is 4.93. The molecule has 1 aromatic heterocycles. The van der Waals surface area contributed by atoms with Gasteiger partial charge in [0.2, 0.25) is 5.95 Å². The van der Waals surface area contributed by atoms with Gasteiger partial charge in [-0.15, -0.1) is 0 Å². The molecule has 0 bridgehead atoms. The van der Waals surface area contributed by atoms with Crippen LogP contribution >= 0.6 is 0 Å².